The first-order chi connectivity index (χ1) is 14.5. The standard InChI is InChI=1S/C21H30N2O5S2/c24-18-10-3-2-8-16(18)20(26)23-17(21(27)28)9-5-6-13-22-19(25)11-4-1-7-15-12-14-29-30-15/h2-3,8,10,15,17,24H,1,4-7,9,11-14H2,(H,22,25)(H,23,26)(H,27,28). The zero-order valence-corrected chi connectivity index (χ0v) is 18.6. The average molecular weight is 455 g/mol. The van der Waals surface area contributed by atoms with Crippen molar-refractivity contribution in [2.45, 2.75) is 62.7 Å². The fourth-order valence-corrected chi connectivity index (χ4v) is 6.20. The van der Waals surface area contributed by atoms with Gasteiger partial charge in [0, 0.05) is 24.0 Å². The van der Waals surface area contributed by atoms with Gasteiger partial charge in [-0.15, -0.1) is 0 Å². The molecule has 1 aromatic carbocycles. The Balaban J connectivity index is 1.58. The lowest BCUT2D eigenvalue weighted by Crippen LogP contribution is -2.40. The number of phenols is 1. The molecule has 0 saturated carbocycles. The summed E-state index contributed by atoms with van der Waals surface area (Å²) in [5.41, 5.74) is 0.0429. The Morgan fingerprint density at radius 3 is 2.63 bits per heavy atom. The molecule has 2 rings (SSSR count). The van der Waals surface area contributed by atoms with Gasteiger partial charge in [0.15, 0.2) is 0 Å². The lowest BCUT2D eigenvalue weighted by Gasteiger charge is -2.15. The molecule has 1 heterocycles. The van der Waals surface area contributed by atoms with Crippen LogP contribution in [0.4, 0.5) is 0 Å². The number of amides is 2. The van der Waals surface area contributed by atoms with Crippen molar-refractivity contribution in [1.29, 1.82) is 0 Å². The van der Waals surface area contributed by atoms with Gasteiger partial charge in [0.2, 0.25) is 5.91 Å². The second kappa shape index (κ2) is 13.4. The van der Waals surface area contributed by atoms with Crippen molar-refractivity contribution in [1.82, 2.24) is 10.6 Å². The van der Waals surface area contributed by atoms with Gasteiger partial charge in [0.05, 0.1) is 5.56 Å². The van der Waals surface area contributed by atoms with Crippen LogP contribution in [-0.4, -0.2) is 51.6 Å². The molecule has 0 bridgehead atoms. The number of carboxylic acids is 1. The van der Waals surface area contributed by atoms with Gasteiger partial charge in [-0.1, -0.05) is 40.1 Å². The van der Waals surface area contributed by atoms with Crippen LogP contribution in [0.1, 0.15) is 61.7 Å². The van der Waals surface area contributed by atoms with Gasteiger partial charge in [0.1, 0.15) is 11.8 Å². The maximum Gasteiger partial charge on any atom is 0.326 e. The van der Waals surface area contributed by atoms with Crippen molar-refractivity contribution in [2.24, 2.45) is 0 Å². The van der Waals surface area contributed by atoms with E-state index in [4.69, 9.17) is 0 Å². The van der Waals surface area contributed by atoms with Crippen LogP contribution in [0.2, 0.25) is 0 Å². The van der Waals surface area contributed by atoms with Gasteiger partial charge in [-0.05, 0) is 50.7 Å². The lowest BCUT2D eigenvalue weighted by atomic mass is 10.1. The summed E-state index contributed by atoms with van der Waals surface area (Å²) in [4.78, 5) is 35.5. The fourth-order valence-electron chi connectivity index (χ4n) is 3.17. The van der Waals surface area contributed by atoms with Gasteiger partial charge in [0.25, 0.3) is 5.91 Å². The molecular formula is C21H30N2O5S2. The van der Waals surface area contributed by atoms with Gasteiger partial charge < -0.3 is 20.8 Å². The van der Waals surface area contributed by atoms with E-state index in [1.165, 1.54) is 30.7 Å². The molecule has 1 aliphatic rings. The van der Waals surface area contributed by atoms with E-state index in [1.54, 1.807) is 12.1 Å². The van der Waals surface area contributed by atoms with Crippen LogP contribution < -0.4 is 10.6 Å². The molecule has 30 heavy (non-hydrogen) atoms. The molecule has 4 N–H and O–H groups in total. The molecule has 0 aromatic heterocycles. The SMILES string of the molecule is O=C(CCCCC1CCSS1)NCCCCC(NC(=O)c1ccccc1O)C(=O)O. The maximum atomic E-state index is 12.2. The maximum absolute atomic E-state index is 12.2. The van der Waals surface area contributed by atoms with E-state index < -0.39 is 17.9 Å². The average Bonchev–Trinajstić information content (AvgIpc) is 3.23. The summed E-state index contributed by atoms with van der Waals surface area (Å²) < 4.78 is 0. The molecule has 0 spiro atoms. The van der Waals surface area contributed by atoms with E-state index in [9.17, 15) is 24.6 Å². The number of unbranched alkanes of at least 4 members (excludes halogenated alkanes) is 2. The first-order valence-electron chi connectivity index (χ1n) is 10.3. The summed E-state index contributed by atoms with van der Waals surface area (Å²) in [6.07, 6.45) is 6.38. The minimum Gasteiger partial charge on any atom is -0.507 e. The van der Waals surface area contributed by atoms with Crippen molar-refractivity contribution < 1.29 is 24.6 Å². The summed E-state index contributed by atoms with van der Waals surface area (Å²) in [6, 6.07) is 4.95. The van der Waals surface area contributed by atoms with E-state index >= 15 is 0 Å². The molecule has 0 radical (unpaired) electrons. The molecule has 1 saturated heterocycles. The molecule has 0 aliphatic carbocycles. The van der Waals surface area contributed by atoms with Crippen molar-refractivity contribution in [3.05, 3.63) is 29.8 Å². The van der Waals surface area contributed by atoms with Crippen LogP contribution >= 0.6 is 21.6 Å². The predicted molar refractivity (Wildman–Crippen MR) is 121 cm³/mol. The van der Waals surface area contributed by atoms with Crippen LogP contribution in [0.3, 0.4) is 0 Å². The van der Waals surface area contributed by atoms with Crippen LogP contribution in [0.25, 0.3) is 0 Å². The summed E-state index contributed by atoms with van der Waals surface area (Å²) in [5.74, 6) is -0.671. The normalized spacial score (nSPS) is 16.7. The Labute approximate surface area is 185 Å². The van der Waals surface area contributed by atoms with Crippen LogP contribution in [-0.2, 0) is 9.59 Å². The van der Waals surface area contributed by atoms with Crippen LogP contribution in [0, 0.1) is 0 Å². The number of hydrogen-bond acceptors (Lipinski definition) is 6. The molecule has 1 fully saturated rings. The van der Waals surface area contributed by atoms with Crippen molar-refractivity contribution >= 4 is 39.4 Å². The molecule has 9 heteroatoms. The van der Waals surface area contributed by atoms with Gasteiger partial charge in [-0.2, -0.15) is 0 Å². The largest absolute Gasteiger partial charge is 0.507 e. The Hall–Kier alpha value is -1.87. The number of rotatable bonds is 13. The van der Waals surface area contributed by atoms with Gasteiger partial charge >= 0.3 is 5.97 Å². The van der Waals surface area contributed by atoms with E-state index in [1.807, 2.05) is 21.6 Å². The third-order valence-electron chi connectivity index (χ3n) is 4.90. The zero-order chi connectivity index (χ0) is 21.8. The zero-order valence-electron chi connectivity index (χ0n) is 17.0. The van der Waals surface area contributed by atoms with E-state index in [-0.39, 0.29) is 23.6 Å². The van der Waals surface area contributed by atoms with Gasteiger partial charge in [-0.3, -0.25) is 9.59 Å². The highest BCUT2D eigenvalue weighted by atomic mass is 33.1. The van der Waals surface area contributed by atoms with Crippen LogP contribution in [0.5, 0.6) is 5.75 Å². The highest BCUT2D eigenvalue weighted by Crippen LogP contribution is 2.39. The minimum absolute atomic E-state index is 0.0334. The molecule has 2 amide bonds. The quantitative estimate of drug-likeness (QED) is 0.266. The van der Waals surface area contributed by atoms with E-state index in [0.717, 1.165) is 18.1 Å². The van der Waals surface area contributed by atoms with Crippen LogP contribution in [0.15, 0.2) is 24.3 Å². The number of carbonyl (C=O) groups is 3. The highest BCUT2D eigenvalue weighted by Gasteiger charge is 2.21. The number of aliphatic carboxylic acids is 1. The number of carbonyl (C=O) groups excluding carboxylic acids is 2. The highest BCUT2D eigenvalue weighted by molar-refractivity contribution is 8.77. The molecule has 2 atom stereocenters. The van der Waals surface area contributed by atoms with Crippen molar-refractivity contribution in [3.8, 4) is 5.75 Å². The number of aromatic hydroxyl groups is 1. The minimum atomic E-state index is -1.12. The van der Waals surface area contributed by atoms with Gasteiger partial charge in [-0.25, -0.2) is 4.79 Å². The Bertz CT molecular complexity index is 710. The number of para-hydroxylation sites is 1. The molecule has 1 aromatic rings. The van der Waals surface area contributed by atoms with E-state index in [0.29, 0.717) is 25.8 Å². The summed E-state index contributed by atoms with van der Waals surface area (Å²) in [6.45, 7) is 0.494. The number of hydrogen-bond donors (Lipinski definition) is 4. The van der Waals surface area contributed by atoms with Crippen molar-refractivity contribution in [3.63, 3.8) is 0 Å². The molecule has 166 valence electrons. The lowest BCUT2D eigenvalue weighted by molar-refractivity contribution is -0.139. The first-order valence-corrected chi connectivity index (χ1v) is 12.7. The molecule has 1 aliphatic heterocycles. The summed E-state index contributed by atoms with van der Waals surface area (Å²) in [5, 5.41) is 25.1. The fraction of sp³-hybridized carbons (Fsp3) is 0.571. The number of nitrogens with one attached hydrogen (secondary N) is 2. The second-order valence-corrected chi connectivity index (χ2v) is 10.1. The molecular weight excluding hydrogens is 424 g/mol. The number of phenolic OH excluding ortho intramolecular Hbond substituents is 1. The third kappa shape index (κ3) is 8.87. The smallest absolute Gasteiger partial charge is 0.326 e. The first kappa shape index (κ1) is 24.4. The topological polar surface area (TPSA) is 116 Å². The Morgan fingerprint density at radius 1 is 1.13 bits per heavy atom. The van der Waals surface area contributed by atoms with Crippen molar-refractivity contribution in [2.75, 3.05) is 12.3 Å². The Kier molecular flexibility index (Phi) is 10.9. The predicted octanol–water partition coefficient (Wildman–Crippen LogP) is 3.58. The number of benzene rings is 1. The monoisotopic (exact) mass is 454 g/mol. The molecule has 7 nitrogen and oxygen atoms in total. The Morgan fingerprint density at radius 2 is 1.93 bits per heavy atom. The summed E-state index contributed by atoms with van der Waals surface area (Å²) >= 11 is 0. The third-order valence-corrected chi connectivity index (χ3v) is 7.91. The second-order valence-electron chi connectivity index (χ2n) is 7.30. The summed E-state index contributed by atoms with van der Waals surface area (Å²) in [7, 11) is 3.90. The molecule has 2 unspecified atom stereocenters. The number of carboxylic acid groups (broad SMARTS) is 1. The van der Waals surface area contributed by atoms with E-state index in [2.05, 4.69) is 10.6 Å².